The van der Waals surface area contributed by atoms with Crippen molar-refractivity contribution in [1.82, 2.24) is 4.90 Å². The van der Waals surface area contributed by atoms with Crippen molar-refractivity contribution in [3.8, 4) is 11.5 Å². The maximum absolute atomic E-state index is 12.2. The summed E-state index contributed by atoms with van der Waals surface area (Å²) in [6, 6.07) is 5.57. The lowest BCUT2D eigenvalue weighted by Gasteiger charge is -2.29. The zero-order chi connectivity index (χ0) is 15.2. The first-order valence-corrected chi connectivity index (χ1v) is 7.32. The number of rotatable bonds is 4. The summed E-state index contributed by atoms with van der Waals surface area (Å²) in [5, 5.41) is 0. The van der Waals surface area contributed by atoms with Gasteiger partial charge in [-0.05, 0) is 42.5 Å². The molecule has 1 aliphatic rings. The lowest BCUT2D eigenvalue weighted by Crippen LogP contribution is -2.36. The Hall–Kier alpha value is -1.97. The highest BCUT2D eigenvalue weighted by Gasteiger charge is 2.18. The Kier molecular flexibility index (Phi) is 5.26. The second kappa shape index (κ2) is 7.16. The Balaban J connectivity index is 2.04. The molecule has 1 saturated heterocycles. The third-order valence-electron chi connectivity index (χ3n) is 3.89. The first-order chi connectivity index (χ1) is 10.1. The third-order valence-corrected chi connectivity index (χ3v) is 3.89. The highest BCUT2D eigenvalue weighted by atomic mass is 16.5. The van der Waals surface area contributed by atoms with E-state index in [4.69, 9.17) is 9.47 Å². The maximum atomic E-state index is 12.2. The van der Waals surface area contributed by atoms with E-state index in [1.54, 1.807) is 20.3 Å². The van der Waals surface area contributed by atoms with Crippen LogP contribution in [-0.4, -0.2) is 38.1 Å². The summed E-state index contributed by atoms with van der Waals surface area (Å²) >= 11 is 0. The molecule has 1 aromatic rings. The summed E-state index contributed by atoms with van der Waals surface area (Å²) in [5.41, 5.74) is 0.893. The summed E-state index contributed by atoms with van der Waals surface area (Å²) in [7, 11) is 3.23. The molecule has 0 atom stereocenters. The molecule has 1 heterocycles. The highest BCUT2D eigenvalue weighted by molar-refractivity contribution is 5.92. The van der Waals surface area contributed by atoms with E-state index >= 15 is 0 Å². The van der Waals surface area contributed by atoms with Crippen LogP contribution in [0.25, 0.3) is 6.08 Å². The predicted octanol–water partition coefficient (Wildman–Crippen LogP) is 2.98. The van der Waals surface area contributed by atoms with Gasteiger partial charge in [-0.25, -0.2) is 0 Å². The van der Waals surface area contributed by atoms with Crippen LogP contribution >= 0.6 is 0 Å². The number of hydrogen-bond donors (Lipinski definition) is 0. The van der Waals surface area contributed by atoms with Crippen molar-refractivity contribution in [2.24, 2.45) is 5.92 Å². The number of nitrogens with zero attached hydrogens (tertiary/aromatic N) is 1. The van der Waals surface area contributed by atoms with Gasteiger partial charge in [0, 0.05) is 25.2 Å². The van der Waals surface area contributed by atoms with E-state index in [1.807, 2.05) is 29.2 Å². The molecule has 1 aromatic carbocycles. The van der Waals surface area contributed by atoms with Gasteiger partial charge >= 0.3 is 0 Å². The molecule has 1 amide bonds. The van der Waals surface area contributed by atoms with Gasteiger partial charge in [-0.15, -0.1) is 0 Å². The van der Waals surface area contributed by atoms with Crippen molar-refractivity contribution in [3.05, 3.63) is 29.8 Å². The third kappa shape index (κ3) is 4.25. The molecule has 21 heavy (non-hydrogen) atoms. The fraction of sp³-hybridized carbons (Fsp3) is 0.471. The molecule has 1 fully saturated rings. The molecule has 114 valence electrons. The van der Waals surface area contributed by atoms with Crippen LogP contribution in [0.3, 0.4) is 0 Å². The van der Waals surface area contributed by atoms with Crippen LogP contribution in [0.5, 0.6) is 11.5 Å². The minimum absolute atomic E-state index is 0.0729. The number of benzene rings is 1. The van der Waals surface area contributed by atoms with Gasteiger partial charge in [-0.2, -0.15) is 0 Å². The van der Waals surface area contributed by atoms with Crippen molar-refractivity contribution >= 4 is 12.0 Å². The van der Waals surface area contributed by atoms with E-state index < -0.39 is 0 Å². The normalized spacial score (nSPS) is 16.2. The zero-order valence-electron chi connectivity index (χ0n) is 13.0. The lowest BCUT2D eigenvalue weighted by molar-refractivity contribution is -0.127. The molecule has 0 bridgehead atoms. The largest absolute Gasteiger partial charge is 0.497 e. The number of carbonyl (C=O) groups excluding carboxylic acids is 1. The smallest absolute Gasteiger partial charge is 0.246 e. The van der Waals surface area contributed by atoms with E-state index in [0.717, 1.165) is 37.4 Å². The molecule has 0 unspecified atom stereocenters. The molecule has 0 N–H and O–H groups in total. The molecule has 0 saturated carbocycles. The van der Waals surface area contributed by atoms with Gasteiger partial charge in [-0.1, -0.05) is 6.92 Å². The zero-order valence-corrected chi connectivity index (χ0v) is 13.0. The average molecular weight is 289 g/mol. The standard InChI is InChI=1S/C17H23NO3/c1-13-6-8-18(9-7-13)17(19)5-4-14-10-15(20-2)12-16(11-14)21-3/h4-5,10-13H,6-9H2,1-3H3/b5-4+. The molecule has 2 rings (SSSR count). The molecular weight excluding hydrogens is 266 g/mol. The van der Waals surface area contributed by atoms with Gasteiger partial charge in [0.2, 0.25) is 5.91 Å². The number of amides is 1. The molecule has 0 radical (unpaired) electrons. The first kappa shape index (κ1) is 15.4. The van der Waals surface area contributed by atoms with E-state index in [1.165, 1.54) is 0 Å². The van der Waals surface area contributed by atoms with Crippen LogP contribution in [0.1, 0.15) is 25.3 Å². The second-order valence-corrected chi connectivity index (χ2v) is 5.49. The Morgan fingerprint density at radius 2 is 1.71 bits per heavy atom. The van der Waals surface area contributed by atoms with Crippen LogP contribution < -0.4 is 9.47 Å². The SMILES string of the molecule is COc1cc(/C=C/C(=O)N2CCC(C)CC2)cc(OC)c1. The topological polar surface area (TPSA) is 38.8 Å². The molecule has 4 heteroatoms. The molecule has 0 aliphatic carbocycles. The molecule has 0 spiro atoms. The van der Waals surface area contributed by atoms with Gasteiger partial charge in [0.15, 0.2) is 0 Å². The maximum Gasteiger partial charge on any atom is 0.246 e. The van der Waals surface area contributed by atoms with Crippen molar-refractivity contribution in [1.29, 1.82) is 0 Å². The molecular formula is C17H23NO3. The lowest BCUT2D eigenvalue weighted by atomic mass is 9.99. The predicted molar refractivity (Wildman–Crippen MR) is 83.6 cm³/mol. The number of piperidine rings is 1. The fourth-order valence-electron chi connectivity index (χ4n) is 2.43. The minimum Gasteiger partial charge on any atom is -0.497 e. The van der Waals surface area contributed by atoms with E-state index in [-0.39, 0.29) is 5.91 Å². The van der Waals surface area contributed by atoms with Gasteiger partial charge in [0.25, 0.3) is 0 Å². The highest BCUT2D eigenvalue weighted by Crippen LogP contribution is 2.23. The van der Waals surface area contributed by atoms with Crippen molar-refractivity contribution in [3.63, 3.8) is 0 Å². The van der Waals surface area contributed by atoms with Gasteiger partial charge < -0.3 is 14.4 Å². The van der Waals surface area contributed by atoms with Gasteiger partial charge in [0.1, 0.15) is 11.5 Å². The Labute approximate surface area is 126 Å². The molecule has 0 aromatic heterocycles. The van der Waals surface area contributed by atoms with Gasteiger partial charge in [-0.3, -0.25) is 4.79 Å². The Morgan fingerprint density at radius 3 is 2.24 bits per heavy atom. The summed E-state index contributed by atoms with van der Waals surface area (Å²) in [6.07, 6.45) is 5.62. The fourth-order valence-corrected chi connectivity index (χ4v) is 2.43. The van der Waals surface area contributed by atoms with Crippen LogP contribution in [0, 0.1) is 5.92 Å². The summed E-state index contributed by atoms with van der Waals surface area (Å²) in [6.45, 7) is 3.94. The second-order valence-electron chi connectivity index (χ2n) is 5.49. The van der Waals surface area contributed by atoms with Crippen molar-refractivity contribution in [2.75, 3.05) is 27.3 Å². The first-order valence-electron chi connectivity index (χ1n) is 7.32. The monoisotopic (exact) mass is 289 g/mol. The summed E-state index contributed by atoms with van der Waals surface area (Å²) < 4.78 is 10.4. The van der Waals surface area contributed by atoms with Crippen LogP contribution in [0.4, 0.5) is 0 Å². The van der Waals surface area contributed by atoms with Crippen LogP contribution in [0.15, 0.2) is 24.3 Å². The van der Waals surface area contributed by atoms with E-state index in [9.17, 15) is 4.79 Å². The van der Waals surface area contributed by atoms with Crippen LogP contribution in [-0.2, 0) is 4.79 Å². The van der Waals surface area contributed by atoms with Crippen molar-refractivity contribution in [2.45, 2.75) is 19.8 Å². The van der Waals surface area contributed by atoms with Gasteiger partial charge in [0.05, 0.1) is 14.2 Å². The molecule has 4 nitrogen and oxygen atoms in total. The average Bonchev–Trinajstić information content (AvgIpc) is 2.52. The number of ether oxygens (including phenoxy) is 2. The van der Waals surface area contributed by atoms with Crippen LogP contribution in [0.2, 0.25) is 0 Å². The minimum atomic E-state index is 0.0729. The van der Waals surface area contributed by atoms with Crippen molar-refractivity contribution < 1.29 is 14.3 Å². The quantitative estimate of drug-likeness (QED) is 0.800. The summed E-state index contributed by atoms with van der Waals surface area (Å²) in [4.78, 5) is 14.1. The Bertz CT molecular complexity index is 495. The Morgan fingerprint density at radius 1 is 1.14 bits per heavy atom. The molecule has 1 aliphatic heterocycles. The number of methoxy groups -OCH3 is 2. The number of hydrogen-bond acceptors (Lipinski definition) is 3. The number of carbonyl (C=O) groups is 1. The van der Waals surface area contributed by atoms with E-state index in [2.05, 4.69) is 6.92 Å². The summed E-state index contributed by atoms with van der Waals surface area (Å²) in [5.74, 6) is 2.23. The number of likely N-dealkylation sites (tertiary alicyclic amines) is 1. The van der Waals surface area contributed by atoms with E-state index in [0.29, 0.717) is 11.5 Å².